The fourth-order valence-electron chi connectivity index (χ4n) is 1.13. The standard InChI is InChI=1S/C9H7BrClNOS/c10-7-3-1-5(13-7)9(12)6-2-4-8(11)14-6/h1-4,9H,12H2. The largest absolute Gasteiger partial charge is 0.452 e. The van der Waals surface area contributed by atoms with E-state index < -0.39 is 0 Å². The molecule has 2 rings (SSSR count). The second kappa shape index (κ2) is 4.06. The summed E-state index contributed by atoms with van der Waals surface area (Å²) >= 11 is 10.5. The van der Waals surface area contributed by atoms with Gasteiger partial charge >= 0.3 is 0 Å². The average Bonchev–Trinajstić information content (AvgIpc) is 2.73. The molecule has 1 unspecified atom stereocenters. The monoisotopic (exact) mass is 291 g/mol. The zero-order valence-electron chi connectivity index (χ0n) is 7.04. The van der Waals surface area contributed by atoms with Crippen LogP contribution >= 0.6 is 38.9 Å². The first kappa shape index (κ1) is 10.2. The van der Waals surface area contributed by atoms with Crippen molar-refractivity contribution in [1.82, 2.24) is 0 Å². The molecule has 0 fully saturated rings. The van der Waals surface area contributed by atoms with Crippen LogP contribution in [0.25, 0.3) is 0 Å². The molecule has 0 bridgehead atoms. The van der Waals surface area contributed by atoms with Gasteiger partial charge < -0.3 is 10.2 Å². The summed E-state index contributed by atoms with van der Waals surface area (Å²) in [5.74, 6) is 0.732. The second-order valence-corrected chi connectivity index (χ2v) is 5.29. The molecule has 2 heterocycles. The smallest absolute Gasteiger partial charge is 0.169 e. The van der Waals surface area contributed by atoms with Crippen molar-refractivity contribution >= 4 is 38.9 Å². The third-order valence-corrected chi connectivity index (χ3v) is 3.54. The Morgan fingerprint density at radius 1 is 1.36 bits per heavy atom. The maximum Gasteiger partial charge on any atom is 0.169 e. The third-order valence-electron chi connectivity index (χ3n) is 1.80. The minimum Gasteiger partial charge on any atom is -0.452 e. The normalized spacial score (nSPS) is 13.1. The molecule has 0 aliphatic rings. The third kappa shape index (κ3) is 2.03. The summed E-state index contributed by atoms with van der Waals surface area (Å²) in [6.45, 7) is 0. The zero-order chi connectivity index (χ0) is 10.1. The van der Waals surface area contributed by atoms with Gasteiger partial charge in [-0.15, -0.1) is 11.3 Å². The Morgan fingerprint density at radius 3 is 2.64 bits per heavy atom. The van der Waals surface area contributed by atoms with Gasteiger partial charge in [0.05, 0.1) is 10.4 Å². The molecule has 0 aliphatic carbocycles. The van der Waals surface area contributed by atoms with E-state index >= 15 is 0 Å². The van der Waals surface area contributed by atoms with Crippen LogP contribution in [0.3, 0.4) is 0 Å². The van der Waals surface area contributed by atoms with Crippen molar-refractivity contribution in [3.63, 3.8) is 0 Å². The van der Waals surface area contributed by atoms with Crippen molar-refractivity contribution in [1.29, 1.82) is 0 Å². The molecule has 2 aromatic heterocycles. The Labute approximate surface area is 98.8 Å². The van der Waals surface area contributed by atoms with E-state index in [1.54, 1.807) is 0 Å². The molecule has 2 N–H and O–H groups in total. The van der Waals surface area contributed by atoms with E-state index in [0.717, 1.165) is 15.0 Å². The van der Waals surface area contributed by atoms with Gasteiger partial charge in [-0.05, 0) is 40.2 Å². The molecule has 5 heteroatoms. The van der Waals surface area contributed by atoms with Crippen LogP contribution in [0, 0.1) is 0 Å². The van der Waals surface area contributed by atoms with Crippen LogP contribution in [0.2, 0.25) is 4.34 Å². The topological polar surface area (TPSA) is 39.2 Å². The molecular formula is C9H7BrClNOS. The maximum absolute atomic E-state index is 5.98. The molecule has 74 valence electrons. The summed E-state index contributed by atoms with van der Waals surface area (Å²) in [6, 6.07) is 7.18. The van der Waals surface area contributed by atoms with Gasteiger partial charge in [0.15, 0.2) is 4.67 Å². The number of thiophene rings is 1. The van der Waals surface area contributed by atoms with Crippen LogP contribution in [0.15, 0.2) is 33.4 Å². The summed E-state index contributed by atoms with van der Waals surface area (Å²) < 4.78 is 6.79. The fourth-order valence-corrected chi connectivity index (χ4v) is 2.52. The summed E-state index contributed by atoms with van der Waals surface area (Å²) in [5, 5.41) is 0. The Kier molecular flexibility index (Phi) is 2.97. The molecule has 0 saturated carbocycles. The van der Waals surface area contributed by atoms with E-state index in [-0.39, 0.29) is 6.04 Å². The Hall–Kier alpha value is -0.290. The Balaban J connectivity index is 2.28. The van der Waals surface area contributed by atoms with E-state index in [0.29, 0.717) is 4.67 Å². The SMILES string of the molecule is NC(c1ccc(Br)o1)c1ccc(Cl)s1. The molecule has 14 heavy (non-hydrogen) atoms. The van der Waals surface area contributed by atoms with E-state index in [1.165, 1.54) is 11.3 Å². The zero-order valence-corrected chi connectivity index (χ0v) is 10.2. The van der Waals surface area contributed by atoms with Crippen LogP contribution in [0.4, 0.5) is 0 Å². The summed E-state index contributed by atoms with van der Waals surface area (Å²) in [4.78, 5) is 0.997. The first-order chi connectivity index (χ1) is 6.66. The second-order valence-electron chi connectivity index (χ2n) is 2.76. The van der Waals surface area contributed by atoms with Gasteiger partial charge in [-0.3, -0.25) is 0 Å². The van der Waals surface area contributed by atoms with Gasteiger partial charge in [-0.2, -0.15) is 0 Å². The van der Waals surface area contributed by atoms with Crippen LogP contribution in [-0.4, -0.2) is 0 Å². The molecule has 1 atom stereocenters. The van der Waals surface area contributed by atoms with Gasteiger partial charge in [0, 0.05) is 4.88 Å². The molecule has 0 amide bonds. The minimum absolute atomic E-state index is 0.237. The highest BCUT2D eigenvalue weighted by Gasteiger charge is 2.14. The van der Waals surface area contributed by atoms with Crippen LogP contribution in [-0.2, 0) is 0 Å². The lowest BCUT2D eigenvalue weighted by atomic mass is 10.2. The predicted molar refractivity (Wildman–Crippen MR) is 61.8 cm³/mol. The van der Waals surface area contributed by atoms with Gasteiger partial charge in [-0.25, -0.2) is 0 Å². The van der Waals surface area contributed by atoms with Crippen molar-refractivity contribution < 1.29 is 4.42 Å². The lowest BCUT2D eigenvalue weighted by molar-refractivity contribution is 0.472. The maximum atomic E-state index is 5.98. The van der Waals surface area contributed by atoms with Gasteiger partial charge in [0.25, 0.3) is 0 Å². The summed E-state index contributed by atoms with van der Waals surface area (Å²) in [6.07, 6.45) is 0. The van der Waals surface area contributed by atoms with Crippen molar-refractivity contribution in [2.24, 2.45) is 5.73 Å². The predicted octanol–water partition coefficient (Wildman–Crippen LogP) is 3.81. The van der Waals surface area contributed by atoms with Gasteiger partial charge in [0.2, 0.25) is 0 Å². The average molecular weight is 293 g/mol. The van der Waals surface area contributed by atoms with E-state index in [2.05, 4.69) is 15.9 Å². The molecule has 0 aromatic carbocycles. The van der Waals surface area contributed by atoms with E-state index in [9.17, 15) is 0 Å². The first-order valence-electron chi connectivity index (χ1n) is 3.93. The van der Waals surface area contributed by atoms with E-state index in [1.807, 2.05) is 24.3 Å². The lowest BCUT2D eigenvalue weighted by Crippen LogP contribution is -2.08. The lowest BCUT2D eigenvalue weighted by Gasteiger charge is -2.04. The number of halogens is 2. The number of nitrogens with two attached hydrogens (primary N) is 1. The van der Waals surface area contributed by atoms with Crippen molar-refractivity contribution in [3.8, 4) is 0 Å². The van der Waals surface area contributed by atoms with Crippen LogP contribution in [0.5, 0.6) is 0 Å². The fraction of sp³-hybridized carbons (Fsp3) is 0.111. The minimum atomic E-state index is -0.237. The highest BCUT2D eigenvalue weighted by molar-refractivity contribution is 9.10. The number of rotatable bonds is 2. The molecule has 0 spiro atoms. The highest BCUT2D eigenvalue weighted by Crippen LogP contribution is 2.30. The van der Waals surface area contributed by atoms with Gasteiger partial charge in [0.1, 0.15) is 5.76 Å². The van der Waals surface area contributed by atoms with Crippen molar-refractivity contribution in [3.05, 3.63) is 43.9 Å². The highest BCUT2D eigenvalue weighted by atomic mass is 79.9. The molecule has 0 aliphatic heterocycles. The van der Waals surface area contributed by atoms with Crippen molar-refractivity contribution in [2.45, 2.75) is 6.04 Å². The number of furan rings is 1. The Bertz CT molecular complexity index is 399. The summed E-state index contributed by atoms with van der Waals surface area (Å²) in [7, 11) is 0. The summed E-state index contributed by atoms with van der Waals surface area (Å²) in [5.41, 5.74) is 5.98. The number of hydrogen-bond donors (Lipinski definition) is 1. The van der Waals surface area contributed by atoms with E-state index in [4.69, 9.17) is 21.8 Å². The van der Waals surface area contributed by atoms with Crippen molar-refractivity contribution in [2.75, 3.05) is 0 Å². The van der Waals surface area contributed by atoms with Crippen LogP contribution in [0.1, 0.15) is 16.7 Å². The quantitative estimate of drug-likeness (QED) is 0.914. The van der Waals surface area contributed by atoms with Crippen LogP contribution < -0.4 is 5.73 Å². The molecule has 0 saturated heterocycles. The molecule has 0 radical (unpaired) electrons. The molecule has 2 aromatic rings. The first-order valence-corrected chi connectivity index (χ1v) is 5.91. The molecule has 2 nitrogen and oxygen atoms in total. The Morgan fingerprint density at radius 2 is 2.14 bits per heavy atom. The number of hydrogen-bond acceptors (Lipinski definition) is 3. The molecular weight excluding hydrogens is 286 g/mol. The van der Waals surface area contributed by atoms with Gasteiger partial charge in [-0.1, -0.05) is 11.6 Å².